The second kappa shape index (κ2) is 13.2. The van der Waals surface area contributed by atoms with Gasteiger partial charge in [0.15, 0.2) is 0 Å². The number of anilines is 1. The van der Waals surface area contributed by atoms with E-state index in [1.807, 2.05) is 44.2 Å². The lowest BCUT2D eigenvalue weighted by Gasteiger charge is -2.51. The van der Waals surface area contributed by atoms with Crippen LogP contribution >= 0.6 is 0 Å². The zero-order valence-electron chi connectivity index (χ0n) is 26.7. The molecule has 3 atom stereocenters. The Labute approximate surface area is 266 Å². The van der Waals surface area contributed by atoms with Crippen molar-refractivity contribution in [1.29, 1.82) is 5.26 Å². The van der Waals surface area contributed by atoms with Gasteiger partial charge in [0.1, 0.15) is 17.7 Å². The molecule has 3 aromatic rings. The van der Waals surface area contributed by atoms with Crippen LogP contribution in [0, 0.1) is 48.7 Å². The molecular formula is C36H45FN6O2. The highest BCUT2D eigenvalue weighted by Gasteiger charge is 2.53. The van der Waals surface area contributed by atoms with Crippen LogP contribution in [0.2, 0.25) is 0 Å². The van der Waals surface area contributed by atoms with Crippen molar-refractivity contribution in [2.24, 2.45) is 17.8 Å². The molecule has 238 valence electrons. The van der Waals surface area contributed by atoms with Crippen LogP contribution < -0.4 is 10.2 Å². The summed E-state index contributed by atoms with van der Waals surface area (Å²) in [7, 11) is 1.60. The molecule has 2 saturated heterocycles. The van der Waals surface area contributed by atoms with Gasteiger partial charge in [0.05, 0.1) is 17.3 Å². The minimum absolute atomic E-state index is 0.0582. The predicted octanol–water partition coefficient (Wildman–Crippen LogP) is 5.82. The highest BCUT2D eigenvalue weighted by atomic mass is 19.1. The fourth-order valence-corrected chi connectivity index (χ4v) is 8.47. The van der Waals surface area contributed by atoms with Crippen molar-refractivity contribution >= 4 is 11.8 Å². The number of hydrogen-bond acceptors (Lipinski definition) is 6. The molecule has 0 radical (unpaired) electrons. The minimum Gasteiger partial charge on any atom is -0.446 e. The SMILES string of the molecule is CNC(=O)O[C@H]1CCC[C@@H]1[C@](Cn1cc(C)nc1C)(c1cccc(F)c1)C1CCN(CC2CN(c3ccc(C#N)cc3)C2)CC1. The molecule has 0 unspecified atom stereocenters. The van der Waals surface area contributed by atoms with Gasteiger partial charge in [0.25, 0.3) is 0 Å². The first-order valence-corrected chi connectivity index (χ1v) is 16.4. The Morgan fingerprint density at radius 1 is 1.11 bits per heavy atom. The van der Waals surface area contributed by atoms with Crippen molar-refractivity contribution in [1.82, 2.24) is 19.8 Å². The van der Waals surface area contributed by atoms with Gasteiger partial charge in [-0.3, -0.25) is 0 Å². The molecule has 8 nitrogen and oxygen atoms in total. The first-order chi connectivity index (χ1) is 21.8. The van der Waals surface area contributed by atoms with Crippen LogP contribution in [0.3, 0.4) is 0 Å². The maximum atomic E-state index is 15.0. The lowest BCUT2D eigenvalue weighted by Crippen LogP contribution is -2.55. The van der Waals surface area contributed by atoms with Gasteiger partial charge in [-0.1, -0.05) is 12.1 Å². The van der Waals surface area contributed by atoms with E-state index >= 15 is 4.39 Å². The van der Waals surface area contributed by atoms with E-state index in [0.29, 0.717) is 18.0 Å². The van der Waals surface area contributed by atoms with Crippen LogP contribution in [-0.2, 0) is 16.7 Å². The quantitative estimate of drug-likeness (QED) is 0.328. The van der Waals surface area contributed by atoms with E-state index in [-0.39, 0.29) is 23.8 Å². The molecule has 1 aliphatic carbocycles. The van der Waals surface area contributed by atoms with Gasteiger partial charge in [-0.25, -0.2) is 14.2 Å². The van der Waals surface area contributed by atoms with E-state index in [1.54, 1.807) is 13.1 Å². The van der Waals surface area contributed by atoms with Crippen molar-refractivity contribution in [3.05, 3.63) is 83.2 Å². The zero-order chi connectivity index (χ0) is 31.6. The number of piperidine rings is 1. The Kier molecular flexibility index (Phi) is 9.14. The summed E-state index contributed by atoms with van der Waals surface area (Å²) in [5.41, 5.74) is 3.41. The number of hydrogen-bond donors (Lipinski definition) is 1. The molecular weight excluding hydrogens is 567 g/mol. The Morgan fingerprint density at radius 2 is 1.87 bits per heavy atom. The molecule has 1 amide bonds. The third-order valence-electron chi connectivity index (χ3n) is 10.6. The van der Waals surface area contributed by atoms with Gasteiger partial charge < -0.3 is 24.4 Å². The van der Waals surface area contributed by atoms with E-state index < -0.39 is 11.5 Å². The van der Waals surface area contributed by atoms with Crippen LogP contribution in [0.15, 0.2) is 54.7 Å². The number of nitrogens with zero attached hydrogens (tertiary/aromatic N) is 5. The maximum absolute atomic E-state index is 15.0. The van der Waals surface area contributed by atoms with E-state index in [0.717, 1.165) is 81.9 Å². The number of benzene rings is 2. The molecule has 3 fully saturated rings. The average molecular weight is 613 g/mol. The number of amides is 1. The smallest absolute Gasteiger partial charge is 0.407 e. The van der Waals surface area contributed by atoms with Crippen LogP contribution in [0.25, 0.3) is 0 Å². The van der Waals surface area contributed by atoms with Crippen molar-refractivity contribution in [2.75, 3.05) is 44.7 Å². The number of likely N-dealkylation sites (tertiary alicyclic amines) is 1. The number of aryl methyl sites for hydroxylation is 2. The monoisotopic (exact) mass is 612 g/mol. The zero-order valence-corrected chi connectivity index (χ0v) is 26.7. The molecule has 3 aliphatic rings. The summed E-state index contributed by atoms with van der Waals surface area (Å²) in [6.45, 7) is 9.83. The molecule has 0 bridgehead atoms. The van der Waals surface area contributed by atoms with Gasteiger partial charge in [0, 0.05) is 62.4 Å². The number of rotatable bonds is 9. The lowest BCUT2D eigenvalue weighted by atomic mass is 9.58. The largest absolute Gasteiger partial charge is 0.446 e. The number of carbonyl (C=O) groups excluding carboxylic acids is 1. The number of nitriles is 1. The number of imidazole rings is 1. The van der Waals surface area contributed by atoms with Crippen molar-refractivity contribution < 1.29 is 13.9 Å². The maximum Gasteiger partial charge on any atom is 0.407 e. The second-order valence-corrected chi connectivity index (χ2v) is 13.3. The third-order valence-corrected chi connectivity index (χ3v) is 10.6. The molecule has 1 saturated carbocycles. The summed E-state index contributed by atoms with van der Waals surface area (Å²) in [6.07, 6.45) is 6.18. The van der Waals surface area contributed by atoms with Gasteiger partial charge in [-0.15, -0.1) is 0 Å². The third kappa shape index (κ3) is 6.44. The molecule has 0 spiro atoms. The topological polar surface area (TPSA) is 86.4 Å². The van der Waals surface area contributed by atoms with Crippen LogP contribution in [0.4, 0.5) is 14.9 Å². The molecule has 1 N–H and O–H groups in total. The Hall–Kier alpha value is -3.90. The van der Waals surface area contributed by atoms with Crippen molar-refractivity contribution in [2.45, 2.75) is 64.0 Å². The second-order valence-electron chi connectivity index (χ2n) is 13.3. The summed E-state index contributed by atoms with van der Waals surface area (Å²) < 4.78 is 23.3. The average Bonchev–Trinajstić information content (AvgIpc) is 3.62. The standard InChI is InChI=1S/C36H45FN6O2/c1-25-20-43(26(2)40-25)24-36(30-6-4-7-31(37)18-30,33-8-5-9-34(33)45-35(44)39-3)29-14-16-41(17-15-29)21-28-22-42(23-28)32-12-10-27(19-38)11-13-32/h4,6-7,10-13,18,20,28-29,33-34H,5,8-9,14-17,21-24H2,1-3H3,(H,39,44)/t33-,34-,36-/m0/s1. The number of halogens is 1. The van der Waals surface area contributed by atoms with Crippen molar-refractivity contribution in [3.63, 3.8) is 0 Å². The molecule has 2 aliphatic heterocycles. The van der Waals surface area contributed by atoms with Crippen LogP contribution in [0.5, 0.6) is 0 Å². The number of aromatic nitrogens is 2. The number of alkyl carbamates (subject to hydrolysis) is 1. The predicted molar refractivity (Wildman–Crippen MR) is 172 cm³/mol. The van der Waals surface area contributed by atoms with E-state index in [2.05, 4.69) is 38.0 Å². The number of nitrogens with one attached hydrogen (secondary N) is 1. The first-order valence-electron chi connectivity index (χ1n) is 16.4. The summed E-state index contributed by atoms with van der Waals surface area (Å²) in [5.74, 6) is 1.67. The summed E-state index contributed by atoms with van der Waals surface area (Å²) >= 11 is 0. The Morgan fingerprint density at radius 3 is 2.51 bits per heavy atom. The molecule has 9 heteroatoms. The number of carbonyl (C=O) groups is 1. The summed E-state index contributed by atoms with van der Waals surface area (Å²) in [6, 6.07) is 17.2. The first kappa shape index (κ1) is 31.1. The summed E-state index contributed by atoms with van der Waals surface area (Å²) in [4.78, 5) is 22.2. The lowest BCUT2D eigenvalue weighted by molar-refractivity contribution is 0.00167. The highest BCUT2D eigenvalue weighted by molar-refractivity contribution is 5.67. The van der Waals surface area contributed by atoms with E-state index in [1.165, 1.54) is 11.8 Å². The van der Waals surface area contributed by atoms with Crippen LogP contribution in [0.1, 0.15) is 54.7 Å². The van der Waals surface area contributed by atoms with Crippen LogP contribution in [-0.4, -0.2) is 66.4 Å². The molecule has 45 heavy (non-hydrogen) atoms. The van der Waals surface area contributed by atoms with Gasteiger partial charge in [0.2, 0.25) is 0 Å². The highest BCUT2D eigenvalue weighted by Crippen LogP contribution is 2.52. The number of ether oxygens (including phenoxy) is 1. The molecule has 2 aromatic carbocycles. The Bertz CT molecular complexity index is 1520. The van der Waals surface area contributed by atoms with Gasteiger partial charge in [-0.05, 0) is 107 Å². The van der Waals surface area contributed by atoms with E-state index in [4.69, 9.17) is 15.0 Å². The Balaban J connectivity index is 1.24. The van der Waals surface area contributed by atoms with Gasteiger partial charge in [-0.2, -0.15) is 5.26 Å². The van der Waals surface area contributed by atoms with Gasteiger partial charge >= 0.3 is 6.09 Å². The molecule has 1 aromatic heterocycles. The van der Waals surface area contributed by atoms with E-state index in [9.17, 15) is 4.79 Å². The van der Waals surface area contributed by atoms with Crippen molar-refractivity contribution in [3.8, 4) is 6.07 Å². The summed E-state index contributed by atoms with van der Waals surface area (Å²) in [5, 5.41) is 11.8. The fourth-order valence-electron chi connectivity index (χ4n) is 8.47. The minimum atomic E-state index is -0.426. The fraction of sp³-hybridized carbons (Fsp3) is 0.528. The normalized spacial score (nSPS) is 22.4. The molecule has 6 rings (SSSR count). The molecule has 3 heterocycles.